The van der Waals surface area contributed by atoms with E-state index in [4.69, 9.17) is 21.7 Å². The van der Waals surface area contributed by atoms with Crippen LogP contribution in [-0.2, 0) is 17.8 Å². The highest BCUT2D eigenvalue weighted by atomic mass is 79.9. The van der Waals surface area contributed by atoms with Gasteiger partial charge in [-0.25, -0.2) is 4.68 Å². The number of aromatic amines is 1. The zero-order valence-electron chi connectivity index (χ0n) is 17.4. The topological polar surface area (TPSA) is 93.2 Å². The number of carbonyl (C=O) groups is 1. The van der Waals surface area contributed by atoms with Gasteiger partial charge in [-0.1, -0.05) is 22.9 Å². The van der Waals surface area contributed by atoms with Gasteiger partial charge >= 0.3 is 0 Å². The van der Waals surface area contributed by atoms with Gasteiger partial charge < -0.3 is 20.2 Å². The minimum absolute atomic E-state index is 0.122. The molecular formula is C19H28BrN5O3S. The maximum absolute atomic E-state index is 12.2. The first-order valence-electron chi connectivity index (χ1n) is 9.35. The zero-order chi connectivity index (χ0) is 21.6. The average Bonchev–Trinajstić information content (AvgIpc) is 2.98. The summed E-state index contributed by atoms with van der Waals surface area (Å²) in [5, 5.41) is 9.94. The molecule has 0 saturated heterocycles. The summed E-state index contributed by atoms with van der Waals surface area (Å²) in [5.74, 6) is 1.65. The predicted molar refractivity (Wildman–Crippen MR) is 119 cm³/mol. The van der Waals surface area contributed by atoms with Crippen molar-refractivity contribution in [2.24, 2.45) is 0 Å². The van der Waals surface area contributed by atoms with Crippen LogP contribution in [0.5, 0.6) is 11.5 Å². The maximum atomic E-state index is 12.2. The largest absolute Gasteiger partial charge is 0.493 e. The Kier molecular flexibility index (Phi) is 8.09. The molecule has 1 aromatic carbocycles. The minimum atomic E-state index is -0.334. The van der Waals surface area contributed by atoms with Crippen LogP contribution >= 0.6 is 28.1 Å². The summed E-state index contributed by atoms with van der Waals surface area (Å²) in [6.07, 6.45) is 1.73. The monoisotopic (exact) mass is 485 g/mol. The standard InChI is InChI=1S/C19H28BrN5O3S/c1-6-7-15-23-24-18(29)25(15)21-10-12-13(20)8-9-14(27-5)17(12)28-11-16(26)22-19(2,3)4/h8-9,21H,6-7,10-11H2,1-5H3,(H,22,26)(H,24,29). The van der Waals surface area contributed by atoms with Gasteiger partial charge in [0.15, 0.2) is 23.9 Å². The summed E-state index contributed by atoms with van der Waals surface area (Å²) in [6, 6.07) is 3.66. The summed E-state index contributed by atoms with van der Waals surface area (Å²) < 4.78 is 14.4. The Bertz CT molecular complexity index is 904. The predicted octanol–water partition coefficient (Wildman–Crippen LogP) is 3.70. The first-order valence-corrected chi connectivity index (χ1v) is 10.6. The molecule has 0 aliphatic carbocycles. The summed E-state index contributed by atoms with van der Waals surface area (Å²) in [6.45, 7) is 8.10. The number of ether oxygens (including phenoxy) is 2. The zero-order valence-corrected chi connectivity index (χ0v) is 19.8. The molecule has 2 aromatic rings. The van der Waals surface area contributed by atoms with E-state index in [9.17, 15) is 4.79 Å². The highest BCUT2D eigenvalue weighted by Crippen LogP contribution is 2.36. The number of aryl methyl sites for hydroxylation is 1. The molecule has 0 spiro atoms. The first kappa shape index (κ1) is 23.2. The van der Waals surface area contributed by atoms with Crippen LogP contribution in [0.4, 0.5) is 0 Å². The third-order valence-corrected chi connectivity index (χ3v) is 4.90. The quantitative estimate of drug-likeness (QED) is 0.468. The van der Waals surface area contributed by atoms with Crippen LogP contribution in [0.2, 0.25) is 0 Å². The fourth-order valence-electron chi connectivity index (χ4n) is 2.70. The number of nitrogens with zero attached hydrogens (tertiary/aromatic N) is 2. The Morgan fingerprint density at radius 2 is 2.10 bits per heavy atom. The summed E-state index contributed by atoms with van der Waals surface area (Å²) >= 11 is 8.88. The van der Waals surface area contributed by atoms with Gasteiger partial charge in [0.2, 0.25) is 4.77 Å². The Labute approximate surface area is 184 Å². The number of benzene rings is 1. The van der Waals surface area contributed by atoms with Crippen LogP contribution in [0.1, 0.15) is 45.5 Å². The van der Waals surface area contributed by atoms with Crippen molar-refractivity contribution in [1.82, 2.24) is 20.2 Å². The highest BCUT2D eigenvalue weighted by Gasteiger charge is 2.19. The lowest BCUT2D eigenvalue weighted by Crippen LogP contribution is -2.43. The Morgan fingerprint density at radius 1 is 1.38 bits per heavy atom. The fourth-order valence-corrected chi connectivity index (χ4v) is 3.37. The number of methoxy groups -OCH3 is 1. The van der Waals surface area contributed by atoms with Gasteiger partial charge in [0.1, 0.15) is 0 Å². The van der Waals surface area contributed by atoms with Gasteiger partial charge in [-0.15, -0.1) is 0 Å². The average molecular weight is 486 g/mol. The third kappa shape index (κ3) is 6.46. The van der Waals surface area contributed by atoms with Crippen molar-refractivity contribution in [1.29, 1.82) is 0 Å². The minimum Gasteiger partial charge on any atom is -0.493 e. The molecule has 1 heterocycles. The van der Waals surface area contributed by atoms with Gasteiger partial charge in [-0.05, 0) is 51.5 Å². The molecule has 0 bridgehead atoms. The SMILES string of the molecule is CCCc1n[nH]c(=S)n1NCc1c(Br)ccc(OC)c1OCC(=O)NC(C)(C)C. The van der Waals surface area contributed by atoms with Gasteiger partial charge in [-0.2, -0.15) is 5.10 Å². The fraction of sp³-hybridized carbons (Fsp3) is 0.526. The van der Waals surface area contributed by atoms with Crippen LogP contribution in [-0.4, -0.2) is 40.0 Å². The van der Waals surface area contributed by atoms with E-state index >= 15 is 0 Å². The summed E-state index contributed by atoms with van der Waals surface area (Å²) in [7, 11) is 1.56. The van der Waals surface area contributed by atoms with E-state index in [0.29, 0.717) is 22.8 Å². The molecule has 29 heavy (non-hydrogen) atoms. The normalized spacial score (nSPS) is 11.2. The smallest absolute Gasteiger partial charge is 0.258 e. The molecule has 0 aliphatic heterocycles. The molecule has 0 saturated carbocycles. The van der Waals surface area contributed by atoms with E-state index in [1.807, 2.05) is 26.8 Å². The lowest BCUT2D eigenvalue weighted by molar-refractivity contribution is -0.124. The van der Waals surface area contributed by atoms with E-state index in [1.54, 1.807) is 17.9 Å². The number of carbonyl (C=O) groups excluding carboxylic acids is 1. The van der Waals surface area contributed by atoms with Crippen LogP contribution in [0.15, 0.2) is 16.6 Å². The van der Waals surface area contributed by atoms with Crippen LogP contribution < -0.4 is 20.2 Å². The molecule has 1 aromatic heterocycles. The Balaban J connectivity index is 2.24. The second-order valence-electron chi connectivity index (χ2n) is 7.51. The number of hydrogen-bond acceptors (Lipinski definition) is 6. The molecular weight excluding hydrogens is 458 g/mol. The number of rotatable bonds is 9. The third-order valence-electron chi connectivity index (χ3n) is 3.88. The lowest BCUT2D eigenvalue weighted by Gasteiger charge is -2.22. The molecule has 2 rings (SSSR count). The second kappa shape index (κ2) is 10.1. The van der Waals surface area contributed by atoms with Crippen molar-refractivity contribution < 1.29 is 14.3 Å². The van der Waals surface area contributed by atoms with Crippen LogP contribution in [0, 0.1) is 4.77 Å². The van der Waals surface area contributed by atoms with Gasteiger partial charge in [0.05, 0.1) is 13.7 Å². The van der Waals surface area contributed by atoms with Crippen molar-refractivity contribution >= 4 is 34.1 Å². The van der Waals surface area contributed by atoms with Crippen molar-refractivity contribution in [3.05, 3.63) is 32.8 Å². The molecule has 0 atom stereocenters. The number of H-pyrrole nitrogens is 1. The number of amides is 1. The molecule has 0 aliphatic rings. The highest BCUT2D eigenvalue weighted by molar-refractivity contribution is 9.10. The number of aromatic nitrogens is 3. The van der Waals surface area contributed by atoms with E-state index in [0.717, 1.165) is 28.7 Å². The van der Waals surface area contributed by atoms with Gasteiger partial charge in [-0.3, -0.25) is 9.89 Å². The molecule has 8 nitrogen and oxygen atoms in total. The number of hydrogen-bond donors (Lipinski definition) is 3. The molecule has 10 heteroatoms. The molecule has 160 valence electrons. The van der Waals surface area contributed by atoms with Crippen molar-refractivity contribution in [2.45, 2.75) is 52.6 Å². The lowest BCUT2D eigenvalue weighted by atomic mass is 10.1. The van der Waals surface area contributed by atoms with E-state index < -0.39 is 0 Å². The summed E-state index contributed by atoms with van der Waals surface area (Å²) in [4.78, 5) is 12.2. The van der Waals surface area contributed by atoms with Gasteiger partial charge in [0.25, 0.3) is 5.91 Å². The van der Waals surface area contributed by atoms with E-state index in [-0.39, 0.29) is 18.1 Å². The van der Waals surface area contributed by atoms with E-state index in [1.165, 1.54) is 0 Å². The van der Waals surface area contributed by atoms with E-state index in [2.05, 4.69) is 43.8 Å². The Hall–Kier alpha value is -2.07. The molecule has 3 N–H and O–H groups in total. The summed E-state index contributed by atoms with van der Waals surface area (Å²) in [5.41, 5.74) is 3.74. The van der Waals surface area contributed by atoms with Crippen LogP contribution in [0.25, 0.3) is 0 Å². The van der Waals surface area contributed by atoms with Crippen LogP contribution in [0.3, 0.4) is 0 Å². The maximum Gasteiger partial charge on any atom is 0.258 e. The van der Waals surface area contributed by atoms with Crippen molar-refractivity contribution in [2.75, 3.05) is 19.1 Å². The number of nitrogens with one attached hydrogen (secondary N) is 3. The first-order chi connectivity index (χ1) is 13.7. The van der Waals surface area contributed by atoms with Gasteiger partial charge in [0, 0.05) is 22.0 Å². The molecule has 1 amide bonds. The molecule has 0 radical (unpaired) electrons. The second-order valence-corrected chi connectivity index (χ2v) is 8.75. The Morgan fingerprint density at radius 3 is 2.72 bits per heavy atom. The van der Waals surface area contributed by atoms with Crippen molar-refractivity contribution in [3.8, 4) is 11.5 Å². The molecule has 0 fully saturated rings. The van der Waals surface area contributed by atoms with Crippen molar-refractivity contribution in [3.63, 3.8) is 0 Å². The molecule has 0 unspecified atom stereocenters. The number of halogens is 1.